The molecule has 0 aliphatic heterocycles. The van der Waals surface area contributed by atoms with Gasteiger partial charge in [-0.25, -0.2) is 0 Å². The standard InChI is InChI=1S/C11H12N2S/c12-7-11-6-9(8-14-11)5-10-3-1-2-4-13-10/h1-4,6,8H,5,7,12H2. The third-order valence-electron chi connectivity index (χ3n) is 2.02. The Balaban J connectivity index is 2.11. The van der Waals surface area contributed by atoms with Crippen LogP contribution in [0.15, 0.2) is 35.8 Å². The molecule has 2 nitrogen and oxygen atoms in total. The van der Waals surface area contributed by atoms with Crippen LogP contribution in [0, 0.1) is 0 Å². The van der Waals surface area contributed by atoms with Crippen molar-refractivity contribution >= 4 is 11.3 Å². The number of hydrogen-bond acceptors (Lipinski definition) is 3. The van der Waals surface area contributed by atoms with E-state index >= 15 is 0 Å². The molecule has 0 aliphatic carbocycles. The molecule has 0 saturated heterocycles. The van der Waals surface area contributed by atoms with Crippen molar-refractivity contribution in [2.24, 2.45) is 5.73 Å². The van der Waals surface area contributed by atoms with Crippen LogP contribution in [0.1, 0.15) is 16.1 Å². The highest BCUT2D eigenvalue weighted by Gasteiger charge is 2.00. The van der Waals surface area contributed by atoms with Crippen LogP contribution in [-0.4, -0.2) is 4.98 Å². The molecule has 0 bridgehead atoms. The fourth-order valence-corrected chi connectivity index (χ4v) is 2.11. The lowest BCUT2D eigenvalue weighted by molar-refractivity contribution is 1.07. The molecular weight excluding hydrogens is 192 g/mol. The molecule has 2 rings (SSSR count). The number of rotatable bonds is 3. The minimum Gasteiger partial charge on any atom is -0.326 e. The van der Waals surface area contributed by atoms with E-state index in [1.165, 1.54) is 10.4 Å². The largest absolute Gasteiger partial charge is 0.326 e. The first-order valence-corrected chi connectivity index (χ1v) is 5.42. The maximum atomic E-state index is 5.55. The molecule has 2 N–H and O–H groups in total. The van der Waals surface area contributed by atoms with Crippen molar-refractivity contribution in [1.82, 2.24) is 4.98 Å². The van der Waals surface area contributed by atoms with Gasteiger partial charge < -0.3 is 5.73 Å². The molecule has 3 heteroatoms. The van der Waals surface area contributed by atoms with Gasteiger partial charge in [-0.2, -0.15) is 0 Å². The van der Waals surface area contributed by atoms with Crippen molar-refractivity contribution in [3.05, 3.63) is 52.0 Å². The smallest absolute Gasteiger partial charge is 0.0447 e. The predicted octanol–water partition coefficient (Wildman–Crippen LogP) is 2.19. The van der Waals surface area contributed by atoms with Crippen LogP contribution in [0.3, 0.4) is 0 Å². The molecule has 72 valence electrons. The van der Waals surface area contributed by atoms with E-state index in [0.29, 0.717) is 6.54 Å². The van der Waals surface area contributed by atoms with Gasteiger partial charge in [0.1, 0.15) is 0 Å². The third kappa shape index (κ3) is 2.19. The second kappa shape index (κ2) is 4.35. The predicted molar refractivity (Wildman–Crippen MR) is 59.3 cm³/mol. The maximum Gasteiger partial charge on any atom is 0.0447 e. The zero-order chi connectivity index (χ0) is 9.80. The van der Waals surface area contributed by atoms with Crippen molar-refractivity contribution < 1.29 is 0 Å². The van der Waals surface area contributed by atoms with Crippen LogP contribution >= 0.6 is 11.3 Å². The first-order chi connectivity index (χ1) is 6.88. The number of hydrogen-bond donors (Lipinski definition) is 1. The molecule has 14 heavy (non-hydrogen) atoms. The molecule has 0 atom stereocenters. The quantitative estimate of drug-likeness (QED) is 0.832. The molecule has 0 spiro atoms. The van der Waals surface area contributed by atoms with Crippen LogP contribution < -0.4 is 5.73 Å². The Bertz CT molecular complexity index is 395. The number of aromatic nitrogens is 1. The van der Waals surface area contributed by atoms with Crippen LogP contribution in [0.25, 0.3) is 0 Å². The van der Waals surface area contributed by atoms with Crippen LogP contribution in [0.5, 0.6) is 0 Å². The molecule has 0 amide bonds. The van der Waals surface area contributed by atoms with Gasteiger partial charge in [-0.3, -0.25) is 4.98 Å². The number of pyridine rings is 1. The Morgan fingerprint density at radius 1 is 1.36 bits per heavy atom. The summed E-state index contributed by atoms with van der Waals surface area (Å²) in [7, 11) is 0. The molecule has 0 aromatic carbocycles. The van der Waals surface area contributed by atoms with Crippen molar-refractivity contribution in [1.29, 1.82) is 0 Å². The summed E-state index contributed by atoms with van der Waals surface area (Å²) >= 11 is 1.72. The van der Waals surface area contributed by atoms with Gasteiger partial charge in [-0.1, -0.05) is 6.07 Å². The van der Waals surface area contributed by atoms with Gasteiger partial charge in [0.25, 0.3) is 0 Å². The van der Waals surface area contributed by atoms with E-state index in [1.54, 1.807) is 11.3 Å². The van der Waals surface area contributed by atoms with Gasteiger partial charge in [0.05, 0.1) is 0 Å². The lowest BCUT2D eigenvalue weighted by atomic mass is 10.1. The zero-order valence-corrected chi connectivity index (χ0v) is 8.63. The average molecular weight is 204 g/mol. The van der Waals surface area contributed by atoms with Crippen molar-refractivity contribution in [3.63, 3.8) is 0 Å². The number of nitrogens with two attached hydrogens (primary N) is 1. The fraction of sp³-hybridized carbons (Fsp3) is 0.182. The summed E-state index contributed by atoms with van der Waals surface area (Å²) in [6.07, 6.45) is 2.73. The summed E-state index contributed by atoms with van der Waals surface area (Å²) in [5.41, 5.74) is 7.96. The van der Waals surface area contributed by atoms with Gasteiger partial charge in [-0.15, -0.1) is 11.3 Å². The summed E-state index contributed by atoms with van der Waals surface area (Å²) in [5.74, 6) is 0. The Morgan fingerprint density at radius 3 is 2.93 bits per heavy atom. The van der Waals surface area contributed by atoms with E-state index < -0.39 is 0 Å². The number of nitrogens with zero attached hydrogens (tertiary/aromatic N) is 1. The highest BCUT2D eigenvalue weighted by atomic mass is 32.1. The summed E-state index contributed by atoms with van der Waals surface area (Å²) in [4.78, 5) is 5.51. The fourth-order valence-electron chi connectivity index (χ4n) is 1.34. The normalized spacial score (nSPS) is 10.4. The summed E-state index contributed by atoms with van der Waals surface area (Å²) < 4.78 is 0. The van der Waals surface area contributed by atoms with Crippen LogP contribution in [0.4, 0.5) is 0 Å². The molecule has 0 radical (unpaired) electrons. The molecule has 2 aromatic rings. The Kier molecular flexibility index (Phi) is 2.91. The first-order valence-electron chi connectivity index (χ1n) is 4.55. The van der Waals surface area contributed by atoms with Crippen LogP contribution in [-0.2, 0) is 13.0 Å². The van der Waals surface area contributed by atoms with E-state index in [0.717, 1.165) is 12.1 Å². The molecule has 2 aromatic heterocycles. The lowest BCUT2D eigenvalue weighted by Gasteiger charge is -1.95. The maximum absolute atomic E-state index is 5.55. The van der Waals surface area contributed by atoms with E-state index in [2.05, 4.69) is 16.4 Å². The van der Waals surface area contributed by atoms with Crippen molar-refractivity contribution in [2.45, 2.75) is 13.0 Å². The molecule has 0 fully saturated rings. The SMILES string of the molecule is NCc1cc(Cc2ccccn2)cs1. The topological polar surface area (TPSA) is 38.9 Å². The highest BCUT2D eigenvalue weighted by Crippen LogP contribution is 2.16. The van der Waals surface area contributed by atoms with Gasteiger partial charge in [0.2, 0.25) is 0 Å². The van der Waals surface area contributed by atoms with Gasteiger partial charge >= 0.3 is 0 Å². The zero-order valence-electron chi connectivity index (χ0n) is 7.81. The van der Waals surface area contributed by atoms with Crippen molar-refractivity contribution in [3.8, 4) is 0 Å². The molecular formula is C11H12N2S. The summed E-state index contributed by atoms with van der Waals surface area (Å²) in [5, 5.41) is 2.15. The van der Waals surface area contributed by atoms with E-state index in [4.69, 9.17) is 5.73 Å². The first kappa shape index (κ1) is 9.37. The Morgan fingerprint density at radius 2 is 2.29 bits per heavy atom. The third-order valence-corrected chi connectivity index (χ3v) is 3.03. The summed E-state index contributed by atoms with van der Waals surface area (Å²) in [6.45, 7) is 0.632. The van der Waals surface area contributed by atoms with Gasteiger partial charge in [-0.05, 0) is 29.1 Å². The minimum atomic E-state index is 0.632. The monoisotopic (exact) mass is 204 g/mol. The second-order valence-corrected chi connectivity index (χ2v) is 4.12. The average Bonchev–Trinajstić information content (AvgIpc) is 2.67. The van der Waals surface area contributed by atoms with Crippen LogP contribution in [0.2, 0.25) is 0 Å². The number of thiophene rings is 1. The molecule has 0 aliphatic rings. The molecule has 0 saturated carbocycles. The van der Waals surface area contributed by atoms with E-state index in [1.807, 2.05) is 24.4 Å². The molecule has 0 unspecified atom stereocenters. The molecule has 2 heterocycles. The summed E-state index contributed by atoms with van der Waals surface area (Å²) in [6, 6.07) is 8.14. The van der Waals surface area contributed by atoms with Gasteiger partial charge in [0, 0.05) is 29.7 Å². The second-order valence-electron chi connectivity index (χ2n) is 3.12. The van der Waals surface area contributed by atoms with Gasteiger partial charge in [0.15, 0.2) is 0 Å². The van der Waals surface area contributed by atoms with E-state index in [-0.39, 0.29) is 0 Å². The van der Waals surface area contributed by atoms with Crippen molar-refractivity contribution in [2.75, 3.05) is 0 Å². The lowest BCUT2D eigenvalue weighted by Crippen LogP contribution is -1.92. The van der Waals surface area contributed by atoms with E-state index in [9.17, 15) is 0 Å². The highest BCUT2D eigenvalue weighted by molar-refractivity contribution is 7.10. The Hall–Kier alpha value is -1.19. The Labute approximate surface area is 87.4 Å². The minimum absolute atomic E-state index is 0.632.